The number of anilines is 2. The van der Waals surface area contributed by atoms with Crippen LogP contribution in [0.4, 0.5) is 11.6 Å². The van der Waals surface area contributed by atoms with Crippen molar-refractivity contribution in [1.82, 2.24) is 9.97 Å². The number of ether oxygens (including phenoxy) is 1. The van der Waals surface area contributed by atoms with Gasteiger partial charge in [-0.15, -0.1) is 0 Å². The van der Waals surface area contributed by atoms with Gasteiger partial charge in [0.05, 0.1) is 0 Å². The molecule has 18 heavy (non-hydrogen) atoms. The SMILES string of the molecule is CCOCc1nc(N)cc(N(C)C2CCCC2)n1. The monoisotopic (exact) mass is 250 g/mol. The van der Waals surface area contributed by atoms with E-state index >= 15 is 0 Å². The number of hydrogen-bond donors (Lipinski definition) is 1. The van der Waals surface area contributed by atoms with Gasteiger partial charge in [0.25, 0.3) is 0 Å². The second-order valence-electron chi connectivity index (χ2n) is 4.75. The summed E-state index contributed by atoms with van der Waals surface area (Å²) < 4.78 is 5.34. The van der Waals surface area contributed by atoms with Gasteiger partial charge in [0.1, 0.15) is 18.2 Å². The van der Waals surface area contributed by atoms with Crippen LogP contribution in [-0.2, 0) is 11.3 Å². The lowest BCUT2D eigenvalue weighted by molar-refractivity contribution is 0.128. The van der Waals surface area contributed by atoms with Crippen LogP contribution in [-0.4, -0.2) is 29.7 Å². The molecule has 1 saturated carbocycles. The van der Waals surface area contributed by atoms with Gasteiger partial charge in [0.2, 0.25) is 0 Å². The highest BCUT2D eigenvalue weighted by atomic mass is 16.5. The average Bonchev–Trinajstić information content (AvgIpc) is 2.88. The van der Waals surface area contributed by atoms with Crippen molar-refractivity contribution in [1.29, 1.82) is 0 Å². The highest BCUT2D eigenvalue weighted by Gasteiger charge is 2.21. The maximum atomic E-state index is 5.83. The normalized spacial score (nSPS) is 16.1. The summed E-state index contributed by atoms with van der Waals surface area (Å²) in [5, 5.41) is 0. The average molecular weight is 250 g/mol. The predicted molar refractivity (Wildman–Crippen MR) is 72.4 cm³/mol. The van der Waals surface area contributed by atoms with E-state index in [4.69, 9.17) is 10.5 Å². The van der Waals surface area contributed by atoms with E-state index in [0.717, 1.165) is 5.82 Å². The van der Waals surface area contributed by atoms with E-state index in [2.05, 4.69) is 21.9 Å². The summed E-state index contributed by atoms with van der Waals surface area (Å²) in [6, 6.07) is 2.42. The fraction of sp³-hybridized carbons (Fsp3) is 0.692. The fourth-order valence-electron chi connectivity index (χ4n) is 2.42. The number of aromatic nitrogens is 2. The zero-order valence-electron chi connectivity index (χ0n) is 11.2. The van der Waals surface area contributed by atoms with Crippen LogP contribution in [0, 0.1) is 0 Å². The Labute approximate surface area is 108 Å². The molecule has 1 heterocycles. The second kappa shape index (κ2) is 6.00. The van der Waals surface area contributed by atoms with Crippen LogP contribution in [0.3, 0.4) is 0 Å². The molecule has 1 fully saturated rings. The van der Waals surface area contributed by atoms with Crippen molar-refractivity contribution in [3.05, 3.63) is 11.9 Å². The molecule has 1 aromatic heterocycles. The molecule has 1 aliphatic rings. The molecule has 2 rings (SSSR count). The summed E-state index contributed by atoms with van der Waals surface area (Å²) in [7, 11) is 2.09. The molecule has 1 aromatic rings. The van der Waals surface area contributed by atoms with E-state index < -0.39 is 0 Å². The number of nitrogens with zero attached hydrogens (tertiary/aromatic N) is 3. The third-order valence-corrected chi connectivity index (χ3v) is 3.45. The van der Waals surface area contributed by atoms with Crippen LogP contribution >= 0.6 is 0 Å². The molecule has 0 unspecified atom stereocenters. The summed E-state index contributed by atoms with van der Waals surface area (Å²) in [6.07, 6.45) is 5.09. The van der Waals surface area contributed by atoms with Crippen LogP contribution in [0.5, 0.6) is 0 Å². The Kier molecular flexibility index (Phi) is 4.36. The zero-order chi connectivity index (χ0) is 13.0. The van der Waals surface area contributed by atoms with E-state index in [1.165, 1.54) is 25.7 Å². The quantitative estimate of drug-likeness (QED) is 0.865. The minimum Gasteiger partial charge on any atom is -0.384 e. The molecule has 5 heteroatoms. The minimum absolute atomic E-state index is 0.424. The van der Waals surface area contributed by atoms with E-state index in [9.17, 15) is 0 Å². The first kappa shape index (κ1) is 13.1. The Balaban J connectivity index is 2.13. The van der Waals surface area contributed by atoms with Gasteiger partial charge in [0.15, 0.2) is 5.82 Å². The molecule has 0 bridgehead atoms. The first-order chi connectivity index (χ1) is 8.70. The maximum Gasteiger partial charge on any atom is 0.158 e. The van der Waals surface area contributed by atoms with Gasteiger partial charge in [-0.25, -0.2) is 9.97 Å². The van der Waals surface area contributed by atoms with Crippen molar-refractivity contribution < 1.29 is 4.74 Å². The molecule has 1 aliphatic carbocycles. The Morgan fingerprint density at radius 3 is 2.78 bits per heavy atom. The molecule has 0 amide bonds. The van der Waals surface area contributed by atoms with Crippen molar-refractivity contribution in [2.75, 3.05) is 24.3 Å². The molecule has 0 radical (unpaired) electrons. The van der Waals surface area contributed by atoms with Crippen molar-refractivity contribution in [3.63, 3.8) is 0 Å². The first-order valence-corrected chi connectivity index (χ1v) is 6.64. The Hall–Kier alpha value is -1.36. The fourth-order valence-corrected chi connectivity index (χ4v) is 2.42. The summed E-state index contributed by atoms with van der Waals surface area (Å²) in [4.78, 5) is 10.9. The molecule has 0 aliphatic heterocycles. The van der Waals surface area contributed by atoms with Gasteiger partial charge in [-0.2, -0.15) is 0 Å². The van der Waals surface area contributed by atoms with Gasteiger partial charge in [-0.3, -0.25) is 0 Å². The number of nitrogen functional groups attached to an aromatic ring is 1. The van der Waals surface area contributed by atoms with E-state index in [1.54, 1.807) is 0 Å². The lowest BCUT2D eigenvalue weighted by Crippen LogP contribution is -2.30. The molecule has 2 N–H and O–H groups in total. The molecule has 100 valence electrons. The molecule has 5 nitrogen and oxygen atoms in total. The lowest BCUT2D eigenvalue weighted by Gasteiger charge is -2.25. The summed E-state index contributed by atoms with van der Waals surface area (Å²) in [5.41, 5.74) is 5.83. The van der Waals surface area contributed by atoms with Crippen LogP contribution in [0.1, 0.15) is 38.4 Å². The third-order valence-electron chi connectivity index (χ3n) is 3.45. The summed E-state index contributed by atoms with van der Waals surface area (Å²) in [5.74, 6) is 2.08. The van der Waals surface area contributed by atoms with Gasteiger partial charge in [-0.05, 0) is 19.8 Å². The molecule has 0 atom stereocenters. The molecule has 0 aromatic carbocycles. The van der Waals surface area contributed by atoms with Crippen LogP contribution in [0.25, 0.3) is 0 Å². The van der Waals surface area contributed by atoms with Gasteiger partial charge in [-0.1, -0.05) is 12.8 Å². The van der Waals surface area contributed by atoms with E-state index in [1.807, 2.05) is 13.0 Å². The van der Waals surface area contributed by atoms with Crippen molar-refractivity contribution in [2.24, 2.45) is 0 Å². The third kappa shape index (κ3) is 3.10. The topological polar surface area (TPSA) is 64.3 Å². The number of rotatable bonds is 5. The van der Waals surface area contributed by atoms with Gasteiger partial charge in [0, 0.05) is 25.8 Å². The highest BCUT2D eigenvalue weighted by molar-refractivity contribution is 5.47. The second-order valence-corrected chi connectivity index (χ2v) is 4.75. The number of hydrogen-bond acceptors (Lipinski definition) is 5. The molecule has 0 spiro atoms. The Morgan fingerprint density at radius 2 is 2.11 bits per heavy atom. The molecule has 0 saturated heterocycles. The lowest BCUT2D eigenvalue weighted by atomic mass is 10.2. The van der Waals surface area contributed by atoms with Gasteiger partial charge < -0.3 is 15.4 Å². The Morgan fingerprint density at radius 1 is 1.39 bits per heavy atom. The smallest absolute Gasteiger partial charge is 0.158 e. The van der Waals surface area contributed by atoms with Crippen molar-refractivity contribution >= 4 is 11.6 Å². The van der Waals surface area contributed by atoms with E-state index in [-0.39, 0.29) is 0 Å². The molecular weight excluding hydrogens is 228 g/mol. The van der Waals surface area contributed by atoms with Crippen molar-refractivity contribution in [3.8, 4) is 0 Å². The molecular formula is C13H22N4O. The predicted octanol–water partition coefficient (Wildman–Crippen LogP) is 1.97. The summed E-state index contributed by atoms with van der Waals surface area (Å²) >= 11 is 0. The van der Waals surface area contributed by atoms with E-state index in [0.29, 0.717) is 30.9 Å². The van der Waals surface area contributed by atoms with Crippen molar-refractivity contribution in [2.45, 2.75) is 45.3 Å². The minimum atomic E-state index is 0.424. The number of nitrogens with two attached hydrogens (primary N) is 1. The van der Waals surface area contributed by atoms with Crippen LogP contribution in [0.2, 0.25) is 0 Å². The highest BCUT2D eigenvalue weighted by Crippen LogP contribution is 2.26. The largest absolute Gasteiger partial charge is 0.384 e. The summed E-state index contributed by atoms with van der Waals surface area (Å²) in [6.45, 7) is 3.04. The maximum absolute atomic E-state index is 5.83. The van der Waals surface area contributed by atoms with Crippen LogP contribution in [0.15, 0.2) is 6.07 Å². The first-order valence-electron chi connectivity index (χ1n) is 6.64. The standard InChI is InChI=1S/C13H22N4O/c1-3-18-9-12-15-11(14)8-13(16-12)17(2)10-6-4-5-7-10/h8,10H,3-7,9H2,1-2H3,(H2,14,15,16). The van der Waals surface area contributed by atoms with Crippen LogP contribution < -0.4 is 10.6 Å². The van der Waals surface area contributed by atoms with Gasteiger partial charge >= 0.3 is 0 Å². The Bertz CT molecular complexity index is 391. The zero-order valence-corrected chi connectivity index (χ0v) is 11.2.